The van der Waals surface area contributed by atoms with E-state index in [1.165, 1.54) is 56.9 Å². The molecule has 0 heterocycles. The summed E-state index contributed by atoms with van der Waals surface area (Å²) >= 11 is 0. The van der Waals surface area contributed by atoms with E-state index in [4.69, 9.17) is 13.9 Å². The maximum absolute atomic E-state index is 12.5. The van der Waals surface area contributed by atoms with Crippen LogP contribution in [0, 0.1) is 45.3 Å². The third-order valence-corrected chi connectivity index (χ3v) is 21.5. The quantitative estimate of drug-likeness (QED) is 0.0355. The van der Waals surface area contributed by atoms with Crippen LogP contribution in [-0.2, 0) is 23.5 Å². The molecule has 2 aromatic carbocycles. The number of ether oxygens (including phenoxy) is 2. The van der Waals surface area contributed by atoms with Crippen LogP contribution in [0.2, 0.25) is 18.1 Å². The Morgan fingerprint density at radius 1 is 0.680 bits per heavy atom. The minimum absolute atomic E-state index is 0.0315. The number of carbonyl (C=O) groups excluding carboxylic acids is 2. The molecule has 0 bridgehead atoms. The van der Waals surface area contributed by atoms with Gasteiger partial charge in [-0.3, -0.25) is 4.79 Å². The number of allylic oxidation sites excluding steroid dienone is 7. The molecule has 4 aliphatic rings. The second-order valence-electron chi connectivity index (χ2n) is 25.4. The molecule has 0 amide bonds. The fourth-order valence-corrected chi connectivity index (χ4v) is 11.9. The third kappa shape index (κ3) is 20.8. The lowest BCUT2D eigenvalue weighted by Crippen LogP contribution is -2.44. The zero-order valence-electron chi connectivity index (χ0n) is 48.2. The molecule has 4 atom stereocenters. The van der Waals surface area contributed by atoms with Crippen LogP contribution in [0.15, 0.2) is 121 Å². The lowest BCUT2D eigenvalue weighted by Gasteiger charge is -2.43. The van der Waals surface area contributed by atoms with Crippen molar-refractivity contribution >= 4 is 20.1 Å². The number of aliphatic hydroxyl groups excluding tert-OH is 1. The van der Waals surface area contributed by atoms with Crippen molar-refractivity contribution in [1.82, 2.24) is 0 Å². The predicted octanol–water partition coefficient (Wildman–Crippen LogP) is 16.7. The van der Waals surface area contributed by atoms with Crippen molar-refractivity contribution in [3.05, 3.63) is 132 Å². The summed E-state index contributed by atoms with van der Waals surface area (Å²) in [4.78, 5) is 24.3. The highest BCUT2D eigenvalue weighted by atomic mass is 28.4. The molecule has 75 heavy (non-hydrogen) atoms. The van der Waals surface area contributed by atoms with E-state index in [0.29, 0.717) is 17.8 Å². The number of hydrogen-bond donors (Lipinski definition) is 1. The molecule has 0 aromatic heterocycles. The fourth-order valence-electron chi connectivity index (χ4n) is 10.6. The zero-order chi connectivity index (χ0) is 54.5. The highest BCUT2D eigenvalue weighted by Gasteiger charge is 2.41. The minimum atomic E-state index is -1.90. The number of rotatable bonds is 20. The highest BCUT2D eigenvalue weighted by Crippen LogP contribution is 2.49. The van der Waals surface area contributed by atoms with Crippen molar-refractivity contribution < 1.29 is 28.6 Å². The van der Waals surface area contributed by atoms with Gasteiger partial charge >= 0.3 is 5.97 Å². The summed E-state index contributed by atoms with van der Waals surface area (Å²) in [5.41, 5.74) is 3.30. The molecule has 2 unspecified atom stereocenters. The minimum Gasteiger partial charge on any atom is -0.458 e. The Bertz CT molecular complexity index is 2380. The molecule has 408 valence electrons. The maximum Gasteiger partial charge on any atom is 0.332 e. The van der Waals surface area contributed by atoms with Crippen LogP contribution in [0.3, 0.4) is 0 Å². The van der Waals surface area contributed by atoms with Gasteiger partial charge < -0.3 is 19.0 Å². The molecular formula is C68H96O6Si. The van der Waals surface area contributed by atoms with Crippen molar-refractivity contribution in [3.63, 3.8) is 0 Å². The summed E-state index contributed by atoms with van der Waals surface area (Å²) in [6.07, 6.45) is 40.4. The first-order valence-electron chi connectivity index (χ1n) is 28.7. The predicted molar refractivity (Wildman–Crippen MR) is 314 cm³/mol. The average molecular weight is 1040 g/mol. The number of Topliss-reactive ketones (excluding diaryl/α,β-unsaturated/α-hetero) is 1. The number of carbonyl (C=O) groups is 2. The molecule has 6 rings (SSSR count). The maximum atomic E-state index is 12.5. The Labute approximate surface area is 456 Å². The first-order valence-corrected chi connectivity index (χ1v) is 31.6. The number of aliphatic hydroxyl groups is 1. The van der Waals surface area contributed by atoms with Crippen LogP contribution in [0.5, 0.6) is 0 Å². The zero-order valence-corrected chi connectivity index (χ0v) is 49.2. The molecule has 0 radical (unpaired) electrons. The second kappa shape index (κ2) is 28.7. The second-order valence-corrected chi connectivity index (χ2v) is 30.2. The van der Waals surface area contributed by atoms with E-state index in [1.807, 2.05) is 57.2 Å². The van der Waals surface area contributed by atoms with Gasteiger partial charge in [0.05, 0.1) is 18.8 Å². The van der Waals surface area contributed by atoms with E-state index in [1.54, 1.807) is 0 Å². The molecule has 0 saturated heterocycles. The third-order valence-electron chi connectivity index (χ3n) is 17.0. The lowest BCUT2D eigenvalue weighted by molar-refractivity contribution is -0.159. The van der Waals surface area contributed by atoms with E-state index in [0.717, 1.165) is 88.2 Å². The number of ketones is 1. The van der Waals surface area contributed by atoms with Gasteiger partial charge in [0.1, 0.15) is 18.0 Å². The Balaban J connectivity index is 0.000000278. The van der Waals surface area contributed by atoms with Crippen molar-refractivity contribution in [2.75, 3.05) is 13.2 Å². The van der Waals surface area contributed by atoms with Gasteiger partial charge in [-0.1, -0.05) is 174 Å². The smallest absolute Gasteiger partial charge is 0.332 e. The van der Waals surface area contributed by atoms with Crippen molar-refractivity contribution in [2.24, 2.45) is 21.7 Å². The van der Waals surface area contributed by atoms with Gasteiger partial charge in [-0.25, -0.2) is 4.79 Å². The molecule has 7 heteroatoms. The summed E-state index contributed by atoms with van der Waals surface area (Å²) in [7, 11) is -1.90. The number of esters is 1. The van der Waals surface area contributed by atoms with Crippen LogP contribution in [0.25, 0.3) is 0 Å². The monoisotopic (exact) mass is 1040 g/mol. The Hall–Kier alpha value is -4.50. The van der Waals surface area contributed by atoms with Crippen LogP contribution in [-0.4, -0.2) is 56.2 Å². The normalized spacial score (nSPS) is 23.1. The molecule has 2 aromatic rings. The molecule has 6 nitrogen and oxygen atoms in total. The SMILES string of the molecule is CC(C)(C)OC(=O)COC/C=C1\CCCC[C@@]1(C)/C=C/C=C/C(O)CCC1(CC#Cc2ccccc2)CCC1.CC(C)(C)[Si](C)(C)OC(/C=C/C=C/[C@]1(C)CCCCC1=O)CCC1(CC#Cc2ccccc2)CCC1. The number of hydrogen-bond acceptors (Lipinski definition) is 6. The fraction of sp³-hybridized carbons (Fsp3) is 0.588. The van der Waals surface area contributed by atoms with Gasteiger partial charge in [-0.05, 0) is 164 Å². The number of benzene rings is 2. The summed E-state index contributed by atoms with van der Waals surface area (Å²) in [5, 5.41) is 10.8. The summed E-state index contributed by atoms with van der Waals surface area (Å²) in [5.74, 6) is 13.6. The van der Waals surface area contributed by atoms with E-state index >= 15 is 0 Å². The first-order chi connectivity index (χ1) is 35.5. The molecule has 4 fully saturated rings. The molecular weight excluding hydrogens is 941 g/mol. The Morgan fingerprint density at radius 3 is 1.72 bits per heavy atom. The van der Waals surface area contributed by atoms with Crippen molar-refractivity contribution in [3.8, 4) is 23.7 Å². The summed E-state index contributed by atoms with van der Waals surface area (Å²) in [6, 6.07) is 20.5. The highest BCUT2D eigenvalue weighted by molar-refractivity contribution is 6.74. The van der Waals surface area contributed by atoms with Gasteiger partial charge in [0.25, 0.3) is 0 Å². The van der Waals surface area contributed by atoms with Gasteiger partial charge in [0.15, 0.2) is 8.32 Å². The lowest BCUT2D eigenvalue weighted by atomic mass is 9.64. The van der Waals surface area contributed by atoms with Crippen LogP contribution >= 0.6 is 0 Å². The van der Waals surface area contributed by atoms with Crippen molar-refractivity contribution in [1.29, 1.82) is 0 Å². The largest absolute Gasteiger partial charge is 0.458 e. The molecule has 1 N–H and O–H groups in total. The molecule has 0 spiro atoms. The molecule has 0 aliphatic heterocycles. The summed E-state index contributed by atoms with van der Waals surface area (Å²) in [6.45, 7) is 21.9. The topological polar surface area (TPSA) is 82.1 Å². The van der Waals surface area contributed by atoms with Gasteiger partial charge in [0.2, 0.25) is 0 Å². The van der Waals surface area contributed by atoms with Gasteiger partial charge in [-0.15, -0.1) is 0 Å². The van der Waals surface area contributed by atoms with Crippen LogP contribution in [0.1, 0.15) is 195 Å². The average Bonchev–Trinajstić information content (AvgIpc) is 3.33. The summed E-state index contributed by atoms with van der Waals surface area (Å²) < 4.78 is 17.8. The Kier molecular flexibility index (Phi) is 23.5. The molecule has 4 aliphatic carbocycles. The van der Waals surface area contributed by atoms with E-state index in [-0.39, 0.29) is 40.0 Å². The Morgan fingerprint density at radius 2 is 1.20 bits per heavy atom. The van der Waals surface area contributed by atoms with Gasteiger partial charge in [-0.2, -0.15) is 0 Å². The van der Waals surface area contributed by atoms with Crippen LogP contribution in [0.4, 0.5) is 0 Å². The first kappa shape index (κ1) is 61.4. The van der Waals surface area contributed by atoms with Gasteiger partial charge in [0, 0.05) is 41.2 Å². The van der Waals surface area contributed by atoms with E-state index in [2.05, 4.69) is 150 Å². The van der Waals surface area contributed by atoms with E-state index in [9.17, 15) is 14.7 Å². The van der Waals surface area contributed by atoms with Crippen molar-refractivity contribution in [2.45, 2.75) is 220 Å². The molecule has 4 saturated carbocycles. The standard InChI is InChI=1S/C35H48O4.C33H48O2Si/c1-33(2,3)39-32(37)28-38-27-20-30-17-8-10-21-34(30,4)22-11-9-18-31(36)19-26-35(24-13-25-35)23-12-16-29-14-6-5-7-15-29;1-31(2,3)36(5,6)35-29(19-10-12-22-32(4)23-13-11-20-30(32)34)21-27-33(25-15-26-33)24-14-18-28-16-8-7-9-17-28/h5-7,9,11,14-15,18,20,22,31,36H,8,10,13,17,19,21,23-28H2,1-4H3;7-10,12,16-17,19,22,29H,11,13,15,20-21,23-27H2,1-6H3/b18-9+,22-11+,30-20+;19-10+,22-12+/t31?,34-;29?,32-/m01/s1. The van der Waals surface area contributed by atoms with E-state index < -0.39 is 20.0 Å². The van der Waals surface area contributed by atoms with Crippen LogP contribution < -0.4 is 0 Å².